The third-order valence-electron chi connectivity index (χ3n) is 0.269. The van der Waals surface area contributed by atoms with Gasteiger partial charge in [-0.25, -0.2) is 16.5 Å². The summed E-state index contributed by atoms with van der Waals surface area (Å²) < 4.78 is 0. The monoisotopic (exact) mass is 106 g/mol. The van der Waals surface area contributed by atoms with Crippen molar-refractivity contribution in [1.82, 2.24) is 11.0 Å². The largest absolute Gasteiger partial charge is 0.441 e. The van der Waals surface area contributed by atoms with Gasteiger partial charge in [0.25, 0.3) is 0 Å². The van der Waals surface area contributed by atoms with E-state index in [0.717, 1.165) is 0 Å². The number of amides is 1. The first-order valence-electron chi connectivity index (χ1n) is 1.44. The van der Waals surface area contributed by atoms with Crippen LogP contribution in [0.25, 0.3) is 0 Å². The fraction of sp³-hybridized carbons (Fsp3) is 0. The Balaban J connectivity index is 3.00. The van der Waals surface area contributed by atoms with Crippen molar-refractivity contribution < 1.29 is 9.63 Å². The van der Waals surface area contributed by atoms with Crippen LogP contribution in [0.3, 0.4) is 0 Å². The Morgan fingerprint density at radius 1 is 1.57 bits per heavy atom. The van der Waals surface area contributed by atoms with Crippen LogP contribution in [0.1, 0.15) is 0 Å². The van der Waals surface area contributed by atoms with E-state index >= 15 is 0 Å². The minimum absolute atomic E-state index is 0.831. The normalized spacial score (nSPS) is 7.71. The number of nitrogens with one attached hydrogen (secondary N) is 2. The van der Waals surface area contributed by atoms with Crippen LogP contribution in [0.4, 0.5) is 4.79 Å². The van der Waals surface area contributed by atoms with Crippen LogP contribution in [-0.2, 0) is 4.84 Å². The van der Waals surface area contributed by atoms with Crippen LogP contribution in [0, 0.1) is 0 Å². The number of nitrogens with two attached hydrogens (primary N) is 2. The summed E-state index contributed by atoms with van der Waals surface area (Å²) in [4.78, 5) is 13.7. The molecule has 0 spiro atoms. The molecule has 0 fully saturated rings. The SMILES string of the molecule is NNOC(=O)NN. The summed E-state index contributed by atoms with van der Waals surface area (Å²) in [5.74, 6) is 9.05. The highest BCUT2D eigenvalue weighted by Crippen LogP contribution is 1.59. The Morgan fingerprint density at radius 3 is 2.29 bits per heavy atom. The highest BCUT2D eigenvalue weighted by molar-refractivity contribution is 5.65. The third kappa shape index (κ3) is 2.97. The van der Waals surface area contributed by atoms with Crippen molar-refractivity contribution in [3.05, 3.63) is 0 Å². The lowest BCUT2D eigenvalue weighted by molar-refractivity contribution is 0.0903. The first-order chi connectivity index (χ1) is 3.31. The van der Waals surface area contributed by atoms with E-state index in [9.17, 15) is 4.79 Å². The van der Waals surface area contributed by atoms with Gasteiger partial charge in [0.1, 0.15) is 0 Å². The Labute approximate surface area is 39.7 Å². The van der Waals surface area contributed by atoms with E-state index in [2.05, 4.69) is 16.5 Å². The lowest BCUT2D eigenvalue weighted by Crippen LogP contribution is -2.37. The molecule has 0 aromatic rings. The molecule has 0 aromatic heterocycles. The van der Waals surface area contributed by atoms with Gasteiger partial charge in [-0.05, 0) is 0 Å². The summed E-state index contributed by atoms with van der Waals surface area (Å²) in [6.07, 6.45) is -0.831. The second-order valence-electron chi connectivity index (χ2n) is 0.652. The van der Waals surface area contributed by atoms with Crippen molar-refractivity contribution in [1.29, 1.82) is 0 Å². The van der Waals surface area contributed by atoms with Crippen molar-refractivity contribution >= 4 is 6.09 Å². The zero-order valence-corrected chi connectivity index (χ0v) is 3.47. The fourth-order valence-corrected chi connectivity index (χ4v) is 0.0830. The number of hydrogen-bond acceptors (Lipinski definition) is 5. The molecule has 1 amide bonds. The van der Waals surface area contributed by atoms with Gasteiger partial charge < -0.3 is 4.84 Å². The topological polar surface area (TPSA) is 102 Å². The van der Waals surface area contributed by atoms with E-state index in [-0.39, 0.29) is 0 Å². The molecule has 0 saturated carbocycles. The number of carbonyl (C=O) groups excluding carboxylic acids is 1. The summed E-state index contributed by atoms with van der Waals surface area (Å²) in [6, 6.07) is 0. The molecule has 0 atom stereocenters. The van der Waals surface area contributed by atoms with Gasteiger partial charge in [0.2, 0.25) is 0 Å². The molecule has 0 bridgehead atoms. The van der Waals surface area contributed by atoms with Crippen molar-refractivity contribution in [2.75, 3.05) is 0 Å². The van der Waals surface area contributed by atoms with Gasteiger partial charge in [0.05, 0.1) is 0 Å². The van der Waals surface area contributed by atoms with Crippen molar-refractivity contribution in [2.24, 2.45) is 11.7 Å². The van der Waals surface area contributed by atoms with Gasteiger partial charge >= 0.3 is 6.09 Å². The van der Waals surface area contributed by atoms with E-state index in [1.54, 1.807) is 11.0 Å². The molecule has 0 aliphatic rings. The van der Waals surface area contributed by atoms with E-state index in [1.165, 1.54) is 0 Å². The van der Waals surface area contributed by atoms with Crippen LogP contribution >= 0.6 is 0 Å². The number of carbonyl (C=O) groups is 1. The Kier molecular flexibility index (Phi) is 2.94. The number of hydrogen-bond donors (Lipinski definition) is 4. The van der Waals surface area contributed by atoms with Gasteiger partial charge in [0.15, 0.2) is 0 Å². The van der Waals surface area contributed by atoms with Gasteiger partial charge in [0, 0.05) is 0 Å². The van der Waals surface area contributed by atoms with E-state index in [4.69, 9.17) is 0 Å². The van der Waals surface area contributed by atoms with Crippen LogP contribution in [0.5, 0.6) is 0 Å². The summed E-state index contributed by atoms with van der Waals surface area (Å²) in [7, 11) is 0. The third-order valence-corrected chi connectivity index (χ3v) is 0.269. The number of hydrazine groups is 2. The molecule has 0 unspecified atom stereocenters. The predicted octanol–water partition coefficient (Wildman–Crippen LogP) is -2.04. The smallest absolute Gasteiger partial charge is 0.338 e. The quantitative estimate of drug-likeness (QED) is 0.175. The Hall–Kier alpha value is -0.850. The lowest BCUT2D eigenvalue weighted by Gasteiger charge is -1.95. The zero-order chi connectivity index (χ0) is 5.70. The second kappa shape index (κ2) is 3.34. The van der Waals surface area contributed by atoms with Crippen molar-refractivity contribution in [3.8, 4) is 0 Å². The van der Waals surface area contributed by atoms with Crippen LogP contribution in [0.15, 0.2) is 0 Å². The van der Waals surface area contributed by atoms with Gasteiger partial charge in [-0.15, -0.1) is 0 Å². The van der Waals surface area contributed by atoms with Gasteiger partial charge in [-0.1, -0.05) is 5.59 Å². The predicted molar refractivity (Wildman–Crippen MR) is 21.1 cm³/mol. The summed E-state index contributed by atoms with van der Waals surface area (Å²) in [5, 5.41) is 0. The molecule has 6 heteroatoms. The van der Waals surface area contributed by atoms with Crippen LogP contribution < -0.4 is 22.7 Å². The first kappa shape index (κ1) is 6.15. The molecule has 6 N–H and O–H groups in total. The average Bonchev–Trinajstić information content (AvgIpc) is 1.68. The molecule has 0 rings (SSSR count). The summed E-state index contributed by atoms with van der Waals surface area (Å²) >= 11 is 0. The molecule has 0 aromatic carbocycles. The molecule has 42 valence electrons. The minimum atomic E-state index is -0.831. The molecule has 7 heavy (non-hydrogen) atoms. The Bertz CT molecular complexity index is 62.7. The van der Waals surface area contributed by atoms with Crippen molar-refractivity contribution in [2.45, 2.75) is 0 Å². The molecular formula is CH6N4O2. The molecule has 0 heterocycles. The lowest BCUT2D eigenvalue weighted by atomic mass is 11.3. The molecule has 0 aliphatic carbocycles. The van der Waals surface area contributed by atoms with E-state index in [0.29, 0.717) is 0 Å². The highest BCUT2D eigenvalue weighted by atomic mass is 16.7. The van der Waals surface area contributed by atoms with E-state index < -0.39 is 6.09 Å². The standard InChI is InChI=1S/CH6N4O2/c2-4-1(6)7-5-3/h5H,2-3H2,(H,4,6). The zero-order valence-electron chi connectivity index (χ0n) is 3.47. The maximum absolute atomic E-state index is 9.81. The molecule has 6 nitrogen and oxygen atoms in total. The van der Waals surface area contributed by atoms with Crippen LogP contribution in [-0.4, -0.2) is 6.09 Å². The number of rotatable bonds is 1. The minimum Gasteiger partial charge on any atom is -0.338 e. The molecule has 0 aliphatic heterocycles. The fourth-order valence-electron chi connectivity index (χ4n) is 0.0830. The van der Waals surface area contributed by atoms with Gasteiger partial charge in [-0.2, -0.15) is 0 Å². The Morgan fingerprint density at radius 2 is 2.14 bits per heavy atom. The van der Waals surface area contributed by atoms with Gasteiger partial charge in [-0.3, -0.25) is 5.43 Å². The average molecular weight is 106 g/mol. The molecule has 0 radical (unpaired) electrons. The van der Waals surface area contributed by atoms with Crippen molar-refractivity contribution in [3.63, 3.8) is 0 Å². The second-order valence-corrected chi connectivity index (χ2v) is 0.652. The maximum Gasteiger partial charge on any atom is 0.441 e. The molecule has 0 saturated heterocycles. The summed E-state index contributed by atoms with van der Waals surface area (Å²) in [6.45, 7) is 0. The summed E-state index contributed by atoms with van der Waals surface area (Å²) in [5.41, 5.74) is 3.29. The first-order valence-corrected chi connectivity index (χ1v) is 1.44. The maximum atomic E-state index is 9.81. The molecular weight excluding hydrogens is 100 g/mol. The van der Waals surface area contributed by atoms with E-state index in [1.807, 2.05) is 0 Å². The highest BCUT2D eigenvalue weighted by Gasteiger charge is 1.90. The van der Waals surface area contributed by atoms with Crippen LogP contribution in [0.2, 0.25) is 0 Å².